The molecular formula is C19H23F2N5O. The quantitative estimate of drug-likeness (QED) is 0.814. The van der Waals surface area contributed by atoms with Crippen molar-refractivity contribution >= 4 is 11.6 Å². The van der Waals surface area contributed by atoms with Gasteiger partial charge in [-0.3, -0.25) is 4.90 Å². The fraction of sp³-hybridized carbons (Fsp3) is 0.474. The summed E-state index contributed by atoms with van der Waals surface area (Å²) in [5.74, 6) is 0.968. The van der Waals surface area contributed by atoms with Crippen LogP contribution in [-0.4, -0.2) is 67.6 Å². The molecule has 0 aliphatic carbocycles. The number of rotatable bonds is 4. The normalized spacial score (nSPS) is 18.7. The Labute approximate surface area is 157 Å². The summed E-state index contributed by atoms with van der Waals surface area (Å²) in [5, 5.41) is 8.74. The molecule has 1 aromatic heterocycles. The van der Waals surface area contributed by atoms with Crippen LogP contribution in [0.5, 0.6) is 0 Å². The molecule has 2 saturated heterocycles. The van der Waals surface area contributed by atoms with E-state index in [2.05, 4.69) is 24.9 Å². The third kappa shape index (κ3) is 4.33. The number of morpholine rings is 1. The van der Waals surface area contributed by atoms with Crippen molar-refractivity contribution < 1.29 is 13.5 Å². The molecule has 8 heteroatoms. The Morgan fingerprint density at radius 2 is 1.44 bits per heavy atom. The standard InChI is InChI=1S/C19H23F2N5O/c20-16-1-2-17(21)15(13-16)14-24-5-7-25(8-6-24)18-3-4-19(23-22-18)26-9-11-27-12-10-26/h1-4,13H,5-12,14H2. The highest BCUT2D eigenvalue weighted by molar-refractivity contribution is 5.45. The molecule has 1 aromatic carbocycles. The summed E-state index contributed by atoms with van der Waals surface area (Å²) in [4.78, 5) is 6.48. The maximum absolute atomic E-state index is 13.8. The molecule has 4 rings (SSSR count). The molecule has 0 atom stereocenters. The number of hydrogen-bond donors (Lipinski definition) is 0. The highest BCUT2D eigenvalue weighted by Crippen LogP contribution is 2.19. The Balaban J connectivity index is 1.33. The van der Waals surface area contributed by atoms with Gasteiger partial charge >= 0.3 is 0 Å². The molecule has 0 amide bonds. The topological polar surface area (TPSA) is 44.7 Å². The summed E-state index contributed by atoms with van der Waals surface area (Å²) < 4.78 is 32.5. The van der Waals surface area contributed by atoms with Gasteiger partial charge < -0.3 is 14.5 Å². The zero-order valence-corrected chi connectivity index (χ0v) is 15.2. The van der Waals surface area contributed by atoms with E-state index in [4.69, 9.17) is 4.74 Å². The number of aromatic nitrogens is 2. The van der Waals surface area contributed by atoms with Crippen LogP contribution in [0, 0.1) is 11.6 Å². The van der Waals surface area contributed by atoms with E-state index in [0.29, 0.717) is 12.1 Å². The van der Waals surface area contributed by atoms with E-state index in [0.717, 1.165) is 70.2 Å². The van der Waals surface area contributed by atoms with E-state index in [1.807, 2.05) is 12.1 Å². The van der Waals surface area contributed by atoms with Crippen LogP contribution in [0.2, 0.25) is 0 Å². The molecule has 6 nitrogen and oxygen atoms in total. The molecule has 27 heavy (non-hydrogen) atoms. The summed E-state index contributed by atoms with van der Waals surface area (Å²) in [7, 11) is 0. The molecule has 0 bridgehead atoms. The van der Waals surface area contributed by atoms with Crippen LogP contribution in [0.1, 0.15) is 5.56 Å². The summed E-state index contributed by atoms with van der Waals surface area (Å²) in [6.45, 7) is 6.62. The average molecular weight is 375 g/mol. The molecule has 3 heterocycles. The monoisotopic (exact) mass is 375 g/mol. The molecular weight excluding hydrogens is 352 g/mol. The highest BCUT2D eigenvalue weighted by Gasteiger charge is 2.20. The third-order valence-electron chi connectivity index (χ3n) is 5.07. The van der Waals surface area contributed by atoms with Crippen LogP contribution in [0.15, 0.2) is 30.3 Å². The summed E-state index contributed by atoms with van der Waals surface area (Å²) >= 11 is 0. The van der Waals surface area contributed by atoms with E-state index in [9.17, 15) is 8.78 Å². The zero-order chi connectivity index (χ0) is 18.6. The van der Waals surface area contributed by atoms with Gasteiger partial charge in [-0.15, -0.1) is 10.2 Å². The van der Waals surface area contributed by atoms with Gasteiger partial charge in [-0.2, -0.15) is 0 Å². The van der Waals surface area contributed by atoms with Crippen LogP contribution in [-0.2, 0) is 11.3 Å². The molecule has 0 saturated carbocycles. The van der Waals surface area contributed by atoms with Crippen molar-refractivity contribution in [3.63, 3.8) is 0 Å². The van der Waals surface area contributed by atoms with Crippen molar-refractivity contribution in [1.29, 1.82) is 0 Å². The molecule has 0 radical (unpaired) electrons. The Morgan fingerprint density at radius 3 is 2.07 bits per heavy atom. The minimum absolute atomic E-state index is 0.358. The zero-order valence-electron chi connectivity index (χ0n) is 15.2. The second-order valence-corrected chi connectivity index (χ2v) is 6.85. The van der Waals surface area contributed by atoms with Gasteiger partial charge in [0.25, 0.3) is 0 Å². The SMILES string of the molecule is Fc1ccc(F)c(CN2CCN(c3ccc(N4CCOCC4)nn3)CC2)c1. The van der Waals surface area contributed by atoms with Crippen LogP contribution < -0.4 is 9.80 Å². The van der Waals surface area contributed by atoms with Gasteiger partial charge in [-0.05, 0) is 30.3 Å². The van der Waals surface area contributed by atoms with Crippen LogP contribution >= 0.6 is 0 Å². The Hall–Kier alpha value is -2.32. The smallest absolute Gasteiger partial charge is 0.151 e. The molecule has 0 spiro atoms. The predicted molar refractivity (Wildman–Crippen MR) is 98.9 cm³/mol. The maximum Gasteiger partial charge on any atom is 0.151 e. The minimum Gasteiger partial charge on any atom is -0.378 e. The molecule has 0 N–H and O–H groups in total. The molecule has 0 unspecified atom stereocenters. The van der Waals surface area contributed by atoms with Crippen molar-refractivity contribution in [3.05, 3.63) is 47.5 Å². The summed E-state index contributed by atoms with van der Waals surface area (Å²) in [6.07, 6.45) is 0. The molecule has 144 valence electrons. The molecule has 2 aliphatic heterocycles. The number of nitrogens with zero attached hydrogens (tertiary/aromatic N) is 5. The predicted octanol–water partition coefficient (Wildman–Crippen LogP) is 1.91. The minimum atomic E-state index is -0.402. The van der Waals surface area contributed by atoms with E-state index in [1.165, 1.54) is 12.1 Å². The van der Waals surface area contributed by atoms with Crippen molar-refractivity contribution in [1.82, 2.24) is 15.1 Å². The largest absolute Gasteiger partial charge is 0.378 e. The van der Waals surface area contributed by atoms with E-state index < -0.39 is 5.82 Å². The number of ether oxygens (including phenoxy) is 1. The van der Waals surface area contributed by atoms with Gasteiger partial charge in [0.15, 0.2) is 11.6 Å². The van der Waals surface area contributed by atoms with Gasteiger partial charge in [0.05, 0.1) is 13.2 Å². The Kier molecular flexibility index (Phi) is 5.45. The summed E-state index contributed by atoms with van der Waals surface area (Å²) in [6, 6.07) is 7.61. The van der Waals surface area contributed by atoms with Gasteiger partial charge in [0, 0.05) is 51.4 Å². The Bertz CT molecular complexity index is 759. The molecule has 2 aliphatic rings. The third-order valence-corrected chi connectivity index (χ3v) is 5.07. The van der Waals surface area contributed by atoms with Crippen molar-refractivity contribution in [2.75, 3.05) is 62.3 Å². The molecule has 2 fully saturated rings. The fourth-order valence-corrected chi connectivity index (χ4v) is 3.49. The number of benzene rings is 1. The van der Waals surface area contributed by atoms with Gasteiger partial charge in [-0.25, -0.2) is 8.78 Å². The van der Waals surface area contributed by atoms with Gasteiger partial charge in [0.2, 0.25) is 0 Å². The average Bonchev–Trinajstić information content (AvgIpc) is 2.72. The van der Waals surface area contributed by atoms with Crippen molar-refractivity contribution in [2.45, 2.75) is 6.54 Å². The lowest BCUT2D eigenvalue weighted by molar-refractivity contribution is 0.122. The maximum atomic E-state index is 13.8. The lowest BCUT2D eigenvalue weighted by Crippen LogP contribution is -2.46. The second kappa shape index (κ2) is 8.14. The van der Waals surface area contributed by atoms with Gasteiger partial charge in [-0.1, -0.05) is 0 Å². The number of hydrogen-bond acceptors (Lipinski definition) is 6. The van der Waals surface area contributed by atoms with Gasteiger partial charge in [0.1, 0.15) is 11.6 Å². The Morgan fingerprint density at radius 1 is 0.815 bits per heavy atom. The van der Waals surface area contributed by atoms with Crippen LogP contribution in [0.3, 0.4) is 0 Å². The van der Waals surface area contributed by atoms with E-state index >= 15 is 0 Å². The van der Waals surface area contributed by atoms with Crippen molar-refractivity contribution in [2.24, 2.45) is 0 Å². The number of halogens is 2. The first-order chi connectivity index (χ1) is 13.2. The van der Waals surface area contributed by atoms with Crippen molar-refractivity contribution in [3.8, 4) is 0 Å². The van der Waals surface area contributed by atoms with Crippen LogP contribution in [0.25, 0.3) is 0 Å². The highest BCUT2D eigenvalue weighted by atomic mass is 19.1. The second-order valence-electron chi connectivity index (χ2n) is 6.85. The van der Waals surface area contributed by atoms with Crippen LogP contribution in [0.4, 0.5) is 20.4 Å². The first-order valence-electron chi connectivity index (χ1n) is 9.27. The fourth-order valence-electron chi connectivity index (χ4n) is 3.49. The lowest BCUT2D eigenvalue weighted by Gasteiger charge is -2.35. The number of piperazine rings is 1. The lowest BCUT2D eigenvalue weighted by atomic mass is 10.1. The first kappa shape index (κ1) is 18.1. The summed E-state index contributed by atoms with van der Waals surface area (Å²) in [5.41, 5.74) is 0.401. The van der Waals surface area contributed by atoms with E-state index in [-0.39, 0.29) is 5.82 Å². The first-order valence-corrected chi connectivity index (χ1v) is 9.27. The number of anilines is 2. The molecule has 2 aromatic rings. The van der Waals surface area contributed by atoms with E-state index in [1.54, 1.807) is 0 Å².